The first-order chi connectivity index (χ1) is 9.72. The molecule has 0 saturated carbocycles. The van der Waals surface area contributed by atoms with Crippen LogP contribution < -0.4 is 5.32 Å². The Bertz CT molecular complexity index is 318. The van der Waals surface area contributed by atoms with Crippen molar-refractivity contribution in [3.8, 4) is 0 Å². The van der Waals surface area contributed by atoms with Crippen molar-refractivity contribution in [1.82, 2.24) is 5.32 Å². The third-order valence-electron chi connectivity index (χ3n) is 3.90. The maximum absolute atomic E-state index is 3.62. The molecule has 0 amide bonds. The molecule has 1 unspecified atom stereocenters. The highest BCUT2D eigenvalue weighted by Crippen LogP contribution is 2.16. The van der Waals surface area contributed by atoms with Gasteiger partial charge in [-0.2, -0.15) is 0 Å². The second kappa shape index (κ2) is 10.9. The van der Waals surface area contributed by atoms with Crippen LogP contribution in [-0.4, -0.2) is 12.6 Å². The summed E-state index contributed by atoms with van der Waals surface area (Å²) in [6.07, 6.45) is 9.51. The van der Waals surface area contributed by atoms with Gasteiger partial charge in [0.1, 0.15) is 0 Å². The minimum Gasteiger partial charge on any atom is -0.314 e. The van der Waals surface area contributed by atoms with Crippen molar-refractivity contribution in [2.24, 2.45) is 5.92 Å². The summed E-state index contributed by atoms with van der Waals surface area (Å²) in [5.74, 6) is 0.779. The van der Waals surface area contributed by atoms with Crippen molar-refractivity contribution in [1.29, 1.82) is 0 Å². The molecule has 0 aliphatic heterocycles. The van der Waals surface area contributed by atoms with Gasteiger partial charge in [0.05, 0.1) is 0 Å². The second-order valence-electron chi connectivity index (χ2n) is 6.32. The van der Waals surface area contributed by atoms with Crippen LogP contribution in [0.1, 0.15) is 64.9 Å². The van der Waals surface area contributed by atoms with Crippen molar-refractivity contribution in [3.05, 3.63) is 35.9 Å². The number of nitrogens with one attached hydrogen (secondary N) is 1. The number of benzene rings is 1. The van der Waals surface area contributed by atoms with E-state index in [4.69, 9.17) is 0 Å². The maximum Gasteiger partial charge on any atom is 0.00104 e. The summed E-state index contributed by atoms with van der Waals surface area (Å²) in [5, 5.41) is 3.62. The van der Waals surface area contributed by atoms with E-state index < -0.39 is 0 Å². The van der Waals surface area contributed by atoms with E-state index in [0.717, 1.165) is 12.5 Å². The largest absolute Gasteiger partial charge is 0.314 e. The van der Waals surface area contributed by atoms with Gasteiger partial charge in [0, 0.05) is 6.04 Å². The van der Waals surface area contributed by atoms with E-state index in [2.05, 4.69) is 56.4 Å². The fourth-order valence-electron chi connectivity index (χ4n) is 2.66. The Hall–Kier alpha value is -0.820. The lowest BCUT2D eigenvalue weighted by atomic mass is 9.93. The zero-order chi connectivity index (χ0) is 14.6. The molecule has 1 heteroatoms. The Labute approximate surface area is 126 Å². The summed E-state index contributed by atoms with van der Waals surface area (Å²) in [7, 11) is 0. The predicted molar refractivity (Wildman–Crippen MR) is 90.2 cm³/mol. The normalized spacial score (nSPS) is 12.8. The summed E-state index contributed by atoms with van der Waals surface area (Å²) >= 11 is 0. The molecule has 1 rings (SSSR count). The molecule has 1 aromatic rings. The van der Waals surface area contributed by atoms with Gasteiger partial charge >= 0.3 is 0 Å². The molecule has 0 aliphatic rings. The van der Waals surface area contributed by atoms with E-state index in [1.165, 1.54) is 50.5 Å². The fourth-order valence-corrected chi connectivity index (χ4v) is 2.66. The minimum absolute atomic E-state index is 0.591. The molecule has 0 heterocycles. The molecule has 1 N–H and O–H groups in total. The summed E-state index contributed by atoms with van der Waals surface area (Å²) in [6, 6.07) is 11.5. The van der Waals surface area contributed by atoms with E-state index >= 15 is 0 Å². The Kier molecular flexibility index (Phi) is 9.40. The lowest BCUT2D eigenvalue weighted by Crippen LogP contribution is -2.30. The van der Waals surface area contributed by atoms with Crippen LogP contribution in [0.2, 0.25) is 0 Å². The average molecular weight is 275 g/mol. The third kappa shape index (κ3) is 8.37. The van der Waals surface area contributed by atoms with Gasteiger partial charge in [0.15, 0.2) is 0 Å². The average Bonchev–Trinajstić information content (AvgIpc) is 2.45. The van der Waals surface area contributed by atoms with E-state index in [9.17, 15) is 0 Å². The quantitative estimate of drug-likeness (QED) is 0.547. The van der Waals surface area contributed by atoms with Gasteiger partial charge in [-0.3, -0.25) is 0 Å². The van der Waals surface area contributed by atoms with Crippen LogP contribution in [0.25, 0.3) is 0 Å². The van der Waals surface area contributed by atoms with Crippen LogP contribution in [0, 0.1) is 5.92 Å². The summed E-state index contributed by atoms with van der Waals surface area (Å²) in [6.45, 7) is 7.91. The molecule has 0 spiro atoms. The standard InChI is InChI=1S/C19H33N/c1-4-5-6-7-9-14-19(16-20-17(2)3)15-18-12-10-8-11-13-18/h8,10-13,17,19-20H,4-7,9,14-16H2,1-3H3. The molecule has 1 nitrogen and oxygen atoms in total. The topological polar surface area (TPSA) is 12.0 Å². The van der Waals surface area contributed by atoms with Crippen molar-refractivity contribution in [2.45, 2.75) is 71.8 Å². The van der Waals surface area contributed by atoms with Gasteiger partial charge < -0.3 is 5.32 Å². The zero-order valence-corrected chi connectivity index (χ0v) is 13.7. The first-order valence-corrected chi connectivity index (χ1v) is 8.49. The molecule has 114 valence electrons. The van der Waals surface area contributed by atoms with Crippen LogP contribution >= 0.6 is 0 Å². The van der Waals surface area contributed by atoms with Gasteiger partial charge in [-0.15, -0.1) is 0 Å². The van der Waals surface area contributed by atoms with E-state index in [1.807, 2.05) is 0 Å². The minimum atomic E-state index is 0.591. The molecule has 0 aliphatic carbocycles. The van der Waals surface area contributed by atoms with Gasteiger partial charge in [0.25, 0.3) is 0 Å². The Morgan fingerprint density at radius 2 is 1.65 bits per heavy atom. The van der Waals surface area contributed by atoms with Crippen molar-refractivity contribution in [2.75, 3.05) is 6.54 Å². The SMILES string of the molecule is CCCCCCCC(CNC(C)C)Cc1ccccc1. The molecule has 0 fully saturated rings. The molecule has 0 aromatic heterocycles. The van der Waals surface area contributed by atoms with Crippen molar-refractivity contribution in [3.63, 3.8) is 0 Å². The Balaban J connectivity index is 2.35. The zero-order valence-electron chi connectivity index (χ0n) is 13.7. The maximum atomic E-state index is 3.62. The summed E-state index contributed by atoms with van der Waals surface area (Å²) in [4.78, 5) is 0. The van der Waals surface area contributed by atoms with Gasteiger partial charge in [0.2, 0.25) is 0 Å². The van der Waals surface area contributed by atoms with Crippen LogP contribution in [0.15, 0.2) is 30.3 Å². The van der Waals surface area contributed by atoms with Crippen molar-refractivity contribution >= 4 is 0 Å². The highest BCUT2D eigenvalue weighted by atomic mass is 14.9. The molecule has 0 radical (unpaired) electrons. The molecule has 1 aromatic carbocycles. The molecule has 20 heavy (non-hydrogen) atoms. The lowest BCUT2D eigenvalue weighted by molar-refractivity contribution is 0.404. The Morgan fingerprint density at radius 3 is 2.30 bits per heavy atom. The van der Waals surface area contributed by atoms with Crippen LogP contribution in [-0.2, 0) is 6.42 Å². The number of rotatable bonds is 11. The number of unbranched alkanes of at least 4 members (excludes halogenated alkanes) is 4. The predicted octanol–water partition coefficient (Wildman–Crippen LogP) is 5.20. The smallest absolute Gasteiger partial charge is 0.00104 e. The first-order valence-electron chi connectivity index (χ1n) is 8.49. The highest BCUT2D eigenvalue weighted by Gasteiger charge is 2.10. The summed E-state index contributed by atoms with van der Waals surface area (Å²) < 4.78 is 0. The van der Waals surface area contributed by atoms with Crippen LogP contribution in [0.4, 0.5) is 0 Å². The lowest BCUT2D eigenvalue weighted by Gasteiger charge is -2.19. The van der Waals surface area contributed by atoms with Gasteiger partial charge in [-0.25, -0.2) is 0 Å². The molecular weight excluding hydrogens is 242 g/mol. The van der Waals surface area contributed by atoms with E-state index in [-0.39, 0.29) is 0 Å². The molecule has 0 saturated heterocycles. The number of hydrogen-bond acceptors (Lipinski definition) is 1. The van der Waals surface area contributed by atoms with Crippen LogP contribution in [0.5, 0.6) is 0 Å². The first kappa shape index (κ1) is 17.2. The molecule has 0 bridgehead atoms. The highest BCUT2D eigenvalue weighted by molar-refractivity contribution is 5.15. The summed E-state index contributed by atoms with van der Waals surface area (Å²) in [5.41, 5.74) is 1.48. The van der Waals surface area contributed by atoms with Crippen LogP contribution in [0.3, 0.4) is 0 Å². The van der Waals surface area contributed by atoms with Crippen molar-refractivity contribution < 1.29 is 0 Å². The van der Waals surface area contributed by atoms with Gasteiger partial charge in [-0.1, -0.05) is 83.2 Å². The monoisotopic (exact) mass is 275 g/mol. The Morgan fingerprint density at radius 1 is 0.950 bits per heavy atom. The molecular formula is C19H33N. The van der Waals surface area contributed by atoms with E-state index in [0.29, 0.717) is 6.04 Å². The fraction of sp³-hybridized carbons (Fsp3) is 0.684. The molecule has 1 atom stereocenters. The van der Waals surface area contributed by atoms with Gasteiger partial charge in [-0.05, 0) is 30.9 Å². The second-order valence-corrected chi connectivity index (χ2v) is 6.32. The third-order valence-corrected chi connectivity index (χ3v) is 3.90. The number of hydrogen-bond donors (Lipinski definition) is 1. The van der Waals surface area contributed by atoms with E-state index in [1.54, 1.807) is 0 Å².